The van der Waals surface area contributed by atoms with Crippen molar-refractivity contribution in [2.24, 2.45) is 11.1 Å². The van der Waals surface area contributed by atoms with Gasteiger partial charge < -0.3 is 20.5 Å². The molecule has 10 heteroatoms. The minimum atomic E-state index is -4.52. The van der Waals surface area contributed by atoms with Crippen molar-refractivity contribution in [1.29, 1.82) is 5.26 Å². The molecule has 37 heavy (non-hydrogen) atoms. The summed E-state index contributed by atoms with van der Waals surface area (Å²) >= 11 is 0. The van der Waals surface area contributed by atoms with Crippen LogP contribution in [0, 0.1) is 16.7 Å². The van der Waals surface area contributed by atoms with Crippen LogP contribution in [0.25, 0.3) is 0 Å². The Morgan fingerprint density at radius 2 is 1.92 bits per heavy atom. The molecule has 4 rings (SSSR count). The lowest BCUT2D eigenvalue weighted by Gasteiger charge is -2.37. The number of halogens is 3. The number of nitrogens with zero attached hydrogens (tertiary/aromatic N) is 1. The molecule has 1 atom stereocenters. The molecular formula is C27H24F3N3O4. The minimum absolute atomic E-state index is 0.00361. The number of benzene rings is 2. The Hall–Kier alpha value is -4.26. The zero-order valence-corrected chi connectivity index (χ0v) is 20.1. The van der Waals surface area contributed by atoms with Crippen LogP contribution in [0.4, 0.5) is 18.9 Å². The summed E-state index contributed by atoms with van der Waals surface area (Å²) < 4.78 is 49.7. The Labute approximate surface area is 211 Å². The molecule has 0 saturated carbocycles. The maximum Gasteiger partial charge on any atom is 0.416 e. The first-order valence-corrected chi connectivity index (χ1v) is 11.4. The van der Waals surface area contributed by atoms with Gasteiger partial charge in [-0.1, -0.05) is 32.0 Å². The summed E-state index contributed by atoms with van der Waals surface area (Å²) in [5.41, 5.74) is 6.03. The maximum atomic E-state index is 13.0. The van der Waals surface area contributed by atoms with Gasteiger partial charge in [-0.3, -0.25) is 9.59 Å². The molecular weight excluding hydrogens is 487 g/mol. The quantitative estimate of drug-likeness (QED) is 0.572. The zero-order valence-electron chi connectivity index (χ0n) is 20.1. The number of nitriles is 1. The van der Waals surface area contributed by atoms with E-state index >= 15 is 0 Å². The van der Waals surface area contributed by atoms with Crippen molar-refractivity contribution < 1.29 is 32.2 Å². The number of anilines is 1. The fourth-order valence-corrected chi connectivity index (χ4v) is 4.49. The van der Waals surface area contributed by atoms with Gasteiger partial charge in [0.25, 0.3) is 5.91 Å². The standard InChI is InChI=1S/C27H24F3N3O4/c1-26(2)11-20(34)24-21(12-26)37-25(32)19(13-31)23(24)15-6-8-18(9-7-15)36-14-22(35)33-17-5-3-4-16(10-17)27(28,29)30/h3-10,23H,11-12,14,32H2,1-2H3,(H,33,35). The van der Waals surface area contributed by atoms with Crippen LogP contribution in [-0.2, 0) is 20.5 Å². The van der Waals surface area contributed by atoms with E-state index in [0.29, 0.717) is 35.5 Å². The molecule has 7 nitrogen and oxygen atoms in total. The van der Waals surface area contributed by atoms with E-state index in [4.69, 9.17) is 15.2 Å². The number of hydrogen-bond donors (Lipinski definition) is 2. The molecule has 1 aliphatic carbocycles. The van der Waals surface area contributed by atoms with Crippen LogP contribution in [0.5, 0.6) is 5.75 Å². The van der Waals surface area contributed by atoms with Crippen LogP contribution in [0.1, 0.15) is 43.7 Å². The van der Waals surface area contributed by atoms with Gasteiger partial charge in [0.05, 0.1) is 11.5 Å². The maximum absolute atomic E-state index is 13.0. The molecule has 0 spiro atoms. The second-order valence-electron chi connectivity index (χ2n) is 9.69. The summed E-state index contributed by atoms with van der Waals surface area (Å²) in [6.07, 6.45) is -3.71. The third-order valence-electron chi connectivity index (χ3n) is 6.13. The fraction of sp³-hybridized carbons (Fsp3) is 0.296. The van der Waals surface area contributed by atoms with Crippen molar-refractivity contribution in [1.82, 2.24) is 0 Å². The number of hydrogen-bond acceptors (Lipinski definition) is 6. The Bertz CT molecular complexity index is 1350. The highest BCUT2D eigenvalue weighted by Crippen LogP contribution is 2.48. The predicted octanol–water partition coefficient (Wildman–Crippen LogP) is 5.17. The molecule has 0 radical (unpaired) electrons. The van der Waals surface area contributed by atoms with Crippen molar-refractivity contribution in [3.8, 4) is 11.8 Å². The number of carbonyl (C=O) groups excluding carboxylic acids is 2. The first kappa shape index (κ1) is 25.8. The monoisotopic (exact) mass is 511 g/mol. The van der Waals surface area contributed by atoms with Crippen molar-refractivity contribution >= 4 is 17.4 Å². The van der Waals surface area contributed by atoms with Crippen LogP contribution in [0.2, 0.25) is 0 Å². The number of alkyl halides is 3. The van der Waals surface area contributed by atoms with E-state index < -0.39 is 30.2 Å². The SMILES string of the molecule is CC1(C)CC(=O)C2=C(C1)OC(N)=C(C#N)C2c1ccc(OCC(=O)Nc2cccc(C(F)(F)F)c2)cc1. The lowest BCUT2D eigenvalue weighted by atomic mass is 9.70. The molecule has 2 aliphatic rings. The molecule has 1 aliphatic heterocycles. The number of nitrogens with two attached hydrogens (primary N) is 1. The number of carbonyl (C=O) groups is 2. The topological polar surface area (TPSA) is 114 Å². The molecule has 0 aromatic heterocycles. The third kappa shape index (κ3) is 5.61. The van der Waals surface area contributed by atoms with Crippen molar-refractivity contribution in [3.05, 3.63) is 82.4 Å². The Morgan fingerprint density at radius 3 is 2.57 bits per heavy atom. The average molecular weight is 512 g/mol. The molecule has 0 bridgehead atoms. The normalized spacial score (nSPS) is 19.0. The molecule has 2 aromatic carbocycles. The summed E-state index contributed by atoms with van der Waals surface area (Å²) in [5, 5.41) is 12.1. The number of rotatable bonds is 5. The van der Waals surface area contributed by atoms with Crippen LogP contribution in [0.15, 0.2) is 71.3 Å². The van der Waals surface area contributed by atoms with Gasteiger partial charge in [-0.2, -0.15) is 18.4 Å². The number of ketones is 1. The average Bonchev–Trinajstić information content (AvgIpc) is 2.81. The van der Waals surface area contributed by atoms with E-state index in [0.717, 1.165) is 12.1 Å². The van der Waals surface area contributed by atoms with Crippen molar-refractivity contribution in [2.75, 3.05) is 11.9 Å². The molecule has 1 amide bonds. The van der Waals surface area contributed by atoms with Crippen molar-refractivity contribution in [2.45, 2.75) is 38.8 Å². The molecule has 3 N–H and O–H groups in total. The second-order valence-corrected chi connectivity index (χ2v) is 9.69. The Morgan fingerprint density at radius 1 is 1.22 bits per heavy atom. The van der Waals surface area contributed by atoms with Gasteiger partial charge in [-0.05, 0) is 41.3 Å². The number of amides is 1. The number of ether oxygens (including phenoxy) is 2. The predicted molar refractivity (Wildman–Crippen MR) is 128 cm³/mol. The zero-order chi connectivity index (χ0) is 27.0. The highest BCUT2D eigenvalue weighted by molar-refractivity contribution is 6.00. The second kappa shape index (κ2) is 9.65. The van der Waals surface area contributed by atoms with Crippen LogP contribution >= 0.6 is 0 Å². The van der Waals surface area contributed by atoms with E-state index in [-0.39, 0.29) is 28.3 Å². The first-order valence-electron chi connectivity index (χ1n) is 11.4. The summed E-state index contributed by atoms with van der Waals surface area (Å²) in [7, 11) is 0. The lowest BCUT2D eigenvalue weighted by Crippen LogP contribution is -2.33. The smallest absolute Gasteiger partial charge is 0.416 e. The van der Waals surface area contributed by atoms with Gasteiger partial charge in [0.2, 0.25) is 5.88 Å². The molecule has 1 heterocycles. The highest BCUT2D eigenvalue weighted by atomic mass is 19.4. The van der Waals surface area contributed by atoms with E-state index in [9.17, 15) is 28.0 Å². The fourth-order valence-electron chi connectivity index (χ4n) is 4.49. The van der Waals surface area contributed by atoms with Crippen LogP contribution in [-0.4, -0.2) is 18.3 Å². The summed E-state index contributed by atoms with van der Waals surface area (Å²) in [5.74, 6) is -0.687. The number of Topliss-reactive ketones (excluding diaryl/α,β-unsaturated/α-hetero) is 1. The molecule has 0 fully saturated rings. The van der Waals surface area contributed by atoms with Crippen LogP contribution in [0.3, 0.4) is 0 Å². The molecule has 1 unspecified atom stereocenters. The van der Waals surface area contributed by atoms with Gasteiger partial charge >= 0.3 is 6.18 Å². The molecule has 2 aromatic rings. The number of nitrogens with one attached hydrogen (secondary N) is 1. The van der Waals surface area contributed by atoms with E-state index in [1.807, 2.05) is 13.8 Å². The third-order valence-corrected chi connectivity index (χ3v) is 6.13. The van der Waals surface area contributed by atoms with Gasteiger partial charge in [0, 0.05) is 24.1 Å². The first-order chi connectivity index (χ1) is 17.4. The summed E-state index contributed by atoms with van der Waals surface area (Å²) in [6.45, 7) is 3.48. The van der Waals surface area contributed by atoms with Gasteiger partial charge in [-0.25, -0.2) is 0 Å². The van der Waals surface area contributed by atoms with Gasteiger partial charge in [0.15, 0.2) is 12.4 Å². The van der Waals surface area contributed by atoms with Gasteiger partial charge in [0.1, 0.15) is 23.2 Å². The molecule has 0 saturated heterocycles. The largest absolute Gasteiger partial charge is 0.484 e. The number of allylic oxidation sites excluding steroid dienone is 3. The van der Waals surface area contributed by atoms with Gasteiger partial charge in [-0.15, -0.1) is 0 Å². The van der Waals surface area contributed by atoms with Crippen LogP contribution < -0.4 is 15.8 Å². The lowest BCUT2D eigenvalue weighted by molar-refractivity contribution is -0.137. The Balaban J connectivity index is 1.48. The Kier molecular flexibility index (Phi) is 6.74. The summed E-state index contributed by atoms with van der Waals surface area (Å²) in [4.78, 5) is 25.2. The van der Waals surface area contributed by atoms with Crippen molar-refractivity contribution in [3.63, 3.8) is 0 Å². The summed E-state index contributed by atoms with van der Waals surface area (Å²) in [6, 6.07) is 12.8. The molecule has 192 valence electrons. The van der Waals surface area contributed by atoms with E-state index in [2.05, 4.69) is 11.4 Å². The van der Waals surface area contributed by atoms with E-state index in [1.165, 1.54) is 12.1 Å². The minimum Gasteiger partial charge on any atom is -0.484 e. The highest BCUT2D eigenvalue weighted by Gasteiger charge is 2.43. The van der Waals surface area contributed by atoms with E-state index in [1.54, 1.807) is 24.3 Å².